The largest absolute Gasteiger partial charge is 0.340 e. The van der Waals surface area contributed by atoms with Crippen LogP contribution in [0.5, 0.6) is 0 Å². The molecule has 0 saturated carbocycles. The van der Waals surface area contributed by atoms with Gasteiger partial charge in [-0.25, -0.2) is 0 Å². The van der Waals surface area contributed by atoms with Crippen LogP contribution >= 0.6 is 0 Å². The van der Waals surface area contributed by atoms with Crippen molar-refractivity contribution in [3.63, 3.8) is 0 Å². The highest BCUT2D eigenvalue weighted by atomic mass is 16.2. The number of carbonyl (C=O) groups is 1. The fraction of sp³-hybridized carbons (Fsp3) is 0.929. The standard InChI is InChI=1S/C14H31N3O/c1-6-13(15)14(18)17(11-12(4)5)10-9-16(7-2)8-3/h12-13H,6-11,15H2,1-5H3/t13-/m0/s1. The van der Waals surface area contributed by atoms with Crippen molar-refractivity contribution in [1.29, 1.82) is 0 Å². The van der Waals surface area contributed by atoms with Gasteiger partial charge in [0.2, 0.25) is 5.91 Å². The minimum absolute atomic E-state index is 0.0957. The third-order valence-electron chi connectivity index (χ3n) is 3.23. The molecule has 0 aromatic heterocycles. The van der Waals surface area contributed by atoms with Gasteiger partial charge in [-0.1, -0.05) is 34.6 Å². The third kappa shape index (κ3) is 6.36. The van der Waals surface area contributed by atoms with Gasteiger partial charge >= 0.3 is 0 Å². The lowest BCUT2D eigenvalue weighted by Gasteiger charge is -2.29. The van der Waals surface area contributed by atoms with Crippen LogP contribution in [0, 0.1) is 5.92 Å². The fourth-order valence-electron chi connectivity index (χ4n) is 1.94. The summed E-state index contributed by atoms with van der Waals surface area (Å²) in [6.07, 6.45) is 0.707. The molecular weight excluding hydrogens is 226 g/mol. The van der Waals surface area contributed by atoms with Gasteiger partial charge in [-0.2, -0.15) is 0 Å². The molecule has 0 aromatic carbocycles. The van der Waals surface area contributed by atoms with E-state index in [0.717, 1.165) is 32.7 Å². The summed E-state index contributed by atoms with van der Waals surface area (Å²) in [6.45, 7) is 15.1. The molecule has 0 saturated heterocycles. The van der Waals surface area contributed by atoms with E-state index < -0.39 is 0 Å². The molecule has 0 aliphatic carbocycles. The highest BCUT2D eigenvalue weighted by Crippen LogP contribution is 2.03. The second-order valence-corrected chi connectivity index (χ2v) is 5.22. The predicted octanol–water partition coefficient (Wildman–Crippen LogP) is 1.55. The molecule has 0 unspecified atom stereocenters. The Kier molecular flexibility index (Phi) is 9.02. The Bertz CT molecular complexity index is 227. The van der Waals surface area contributed by atoms with Gasteiger partial charge < -0.3 is 15.5 Å². The molecular formula is C14H31N3O. The van der Waals surface area contributed by atoms with E-state index >= 15 is 0 Å². The molecule has 18 heavy (non-hydrogen) atoms. The van der Waals surface area contributed by atoms with Crippen LogP contribution in [0.1, 0.15) is 41.0 Å². The van der Waals surface area contributed by atoms with Gasteiger partial charge in [0.25, 0.3) is 0 Å². The Morgan fingerprint density at radius 2 is 1.67 bits per heavy atom. The Balaban J connectivity index is 4.44. The molecule has 0 radical (unpaired) electrons. The smallest absolute Gasteiger partial charge is 0.239 e. The third-order valence-corrected chi connectivity index (χ3v) is 3.23. The van der Waals surface area contributed by atoms with E-state index in [0.29, 0.717) is 12.3 Å². The molecule has 4 heteroatoms. The maximum absolute atomic E-state index is 12.2. The highest BCUT2D eigenvalue weighted by Gasteiger charge is 2.20. The van der Waals surface area contributed by atoms with Gasteiger partial charge in [-0.15, -0.1) is 0 Å². The van der Waals surface area contributed by atoms with Crippen LogP contribution in [-0.4, -0.2) is 54.5 Å². The van der Waals surface area contributed by atoms with E-state index in [1.165, 1.54) is 0 Å². The second-order valence-electron chi connectivity index (χ2n) is 5.22. The van der Waals surface area contributed by atoms with E-state index in [2.05, 4.69) is 32.6 Å². The normalized spacial score (nSPS) is 13.1. The van der Waals surface area contributed by atoms with E-state index in [1.54, 1.807) is 0 Å². The van der Waals surface area contributed by atoms with Crippen LogP contribution in [0.15, 0.2) is 0 Å². The second kappa shape index (κ2) is 9.34. The van der Waals surface area contributed by atoms with E-state index in [4.69, 9.17) is 5.73 Å². The number of nitrogens with zero attached hydrogens (tertiary/aromatic N) is 2. The first-order valence-corrected chi connectivity index (χ1v) is 7.22. The Hall–Kier alpha value is -0.610. The predicted molar refractivity (Wildman–Crippen MR) is 77.5 cm³/mol. The van der Waals surface area contributed by atoms with Crippen LogP contribution in [0.2, 0.25) is 0 Å². The summed E-state index contributed by atoms with van der Waals surface area (Å²) in [7, 11) is 0. The van der Waals surface area contributed by atoms with Crippen LogP contribution in [0.4, 0.5) is 0 Å². The molecule has 0 spiro atoms. The number of amides is 1. The number of carbonyl (C=O) groups excluding carboxylic acids is 1. The molecule has 0 fully saturated rings. The zero-order valence-electron chi connectivity index (χ0n) is 12.8. The van der Waals surface area contributed by atoms with Crippen molar-refractivity contribution < 1.29 is 4.79 Å². The summed E-state index contributed by atoms with van der Waals surface area (Å²) >= 11 is 0. The van der Waals surface area contributed by atoms with Crippen molar-refractivity contribution in [2.24, 2.45) is 11.7 Å². The van der Waals surface area contributed by atoms with E-state index in [9.17, 15) is 4.79 Å². The summed E-state index contributed by atoms with van der Waals surface area (Å²) in [5.74, 6) is 0.577. The van der Waals surface area contributed by atoms with Crippen molar-refractivity contribution in [2.45, 2.75) is 47.1 Å². The van der Waals surface area contributed by atoms with Crippen molar-refractivity contribution in [1.82, 2.24) is 9.80 Å². The molecule has 1 amide bonds. The minimum atomic E-state index is -0.347. The molecule has 0 aliphatic rings. The average molecular weight is 257 g/mol. The summed E-state index contributed by atoms with van der Waals surface area (Å²) < 4.78 is 0. The molecule has 2 N–H and O–H groups in total. The quantitative estimate of drug-likeness (QED) is 0.682. The maximum Gasteiger partial charge on any atom is 0.239 e. The Morgan fingerprint density at radius 1 is 1.11 bits per heavy atom. The molecule has 0 aromatic rings. The van der Waals surface area contributed by atoms with Gasteiger partial charge in [0, 0.05) is 19.6 Å². The lowest BCUT2D eigenvalue weighted by atomic mass is 10.1. The number of likely N-dealkylation sites (N-methyl/N-ethyl adjacent to an activating group) is 1. The summed E-state index contributed by atoms with van der Waals surface area (Å²) in [4.78, 5) is 16.4. The number of nitrogens with two attached hydrogens (primary N) is 1. The molecule has 4 nitrogen and oxygen atoms in total. The minimum Gasteiger partial charge on any atom is -0.340 e. The highest BCUT2D eigenvalue weighted by molar-refractivity contribution is 5.81. The van der Waals surface area contributed by atoms with Gasteiger partial charge in [0.1, 0.15) is 0 Å². The fourth-order valence-corrected chi connectivity index (χ4v) is 1.94. The lowest BCUT2D eigenvalue weighted by molar-refractivity contribution is -0.133. The Labute approximate surface area is 113 Å². The molecule has 108 valence electrons. The summed E-state index contributed by atoms with van der Waals surface area (Å²) in [5.41, 5.74) is 5.86. The monoisotopic (exact) mass is 257 g/mol. The number of rotatable bonds is 9. The van der Waals surface area contributed by atoms with Crippen LogP contribution in [-0.2, 0) is 4.79 Å². The van der Waals surface area contributed by atoms with Gasteiger partial charge in [0.05, 0.1) is 6.04 Å². The van der Waals surface area contributed by atoms with E-state index in [-0.39, 0.29) is 11.9 Å². The van der Waals surface area contributed by atoms with Crippen molar-refractivity contribution in [3.8, 4) is 0 Å². The maximum atomic E-state index is 12.2. The van der Waals surface area contributed by atoms with Crippen LogP contribution in [0.3, 0.4) is 0 Å². The van der Waals surface area contributed by atoms with Crippen molar-refractivity contribution >= 4 is 5.91 Å². The topological polar surface area (TPSA) is 49.6 Å². The Morgan fingerprint density at radius 3 is 2.06 bits per heavy atom. The zero-order valence-corrected chi connectivity index (χ0v) is 12.8. The average Bonchev–Trinajstić information content (AvgIpc) is 2.36. The lowest BCUT2D eigenvalue weighted by Crippen LogP contribution is -2.47. The van der Waals surface area contributed by atoms with Gasteiger partial charge in [-0.05, 0) is 25.4 Å². The molecule has 0 heterocycles. The summed E-state index contributed by atoms with van der Waals surface area (Å²) in [6, 6.07) is -0.347. The first-order valence-electron chi connectivity index (χ1n) is 7.22. The molecule has 0 bridgehead atoms. The molecule has 1 atom stereocenters. The summed E-state index contributed by atoms with van der Waals surface area (Å²) in [5, 5.41) is 0. The van der Waals surface area contributed by atoms with E-state index in [1.807, 2.05) is 11.8 Å². The molecule has 0 aliphatic heterocycles. The van der Waals surface area contributed by atoms with Crippen molar-refractivity contribution in [2.75, 3.05) is 32.7 Å². The van der Waals surface area contributed by atoms with Crippen molar-refractivity contribution in [3.05, 3.63) is 0 Å². The first-order chi connectivity index (χ1) is 8.46. The first kappa shape index (κ1) is 17.4. The van der Waals surface area contributed by atoms with Gasteiger partial charge in [0.15, 0.2) is 0 Å². The van der Waals surface area contributed by atoms with Gasteiger partial charge in [-0.3, -0.25) is 4.79 Å². The molecule has 0 rings (SSSR count). The van der Waals surface area contributed by atoms with Crippen LogP contribution < -0.4 is 5.73 Å². The van der Waals surface area contributed by atoms with Crippen LogP contribution in [0.25, 0.3) is 0 Å². The number of hydrogen-bond acceptors (Lipinski definition) is 3. The zero-order chi connectivity index (χ0) is 14.1. The SMILES string of the molecule is CC[C@H](N)C(=O)N(CCN(CC)CC)CC(C)C. The number of hydrogen-bond donors (Lipinski definition) is 1.